The SMILES string of the molecule is COc1ccc(OCc2ncnn2C)c(CCl)c1. The predicted molar refractivity (Wildman–Crippen MR) is 67.9 cm³/mol. The fraction of sp³-hybridized carbons (Fsp3) is 0.333. The molecule has 0 radical (unpaired) electrons. The zero-order chi connectivity index (χ0) is 13.0. The molecule has 0 saturated heterocycles. The molecule has 1 heterocycles. The molecule has 0 aliphatic heterocycles. The molecule has 96 valence electrons. The van der Waals surface area contributed by atoms with Crippen LogP contribution >= 0.6 is 11.6 Å². The summed E-state index contributed by atoms with van der Waals surface area (Å²) >= 11 is 5.88. The molecule has 0 spiro atoms. The van der Waals surface area contributed by atoms with Gasteiger partial charge in [0.05, 0.1) is 13.0 Å². The van der Waals surface area contributed by atoms with E-state index in [1.54, 1.807) is 11.8 Å². The summed E-state index contributed by atoms with van der Waals surface area (Å²) in [5.74, 6) is 2.61. The predicted octanol–water partition coefficient (Wildman–Crippen LogP) is 2.14. The highest BCUT2D eigenvalue weighted by Crippen LogP contribution is 2.26. The van der Waals surface area contributed by atoms with Crippen LogP contribution < -0.4 is 9.47 Å². The summed E-state index contributed by atoms with van der Waals surface area (Å²) in [5.41, 5.74) is 0.887. The first-order valence-corrected chi connectivity index (χ1v) is 5.96. The average Bonchev–Trinajstić information content (AvgIpc) is 2.81. The number of hydrogen-bond acceptors (Lipinski definition) is 4. The summed E-state index contributed by atoms with van der Waals surface area (Å²) in [6, 6.07) is 5.54. The van der Waals surface area contributed by atoms with Gasteiger partial charge in [-0.15, -0.1) is 11.6 Å². The van der Waals surface area contributed by atoms with E-state index in [1.165, 1.54) is 6.33 Å². The highest BCUT2D eigenvalue weighted by molar-refractivity contribution is 6.17. The van der Waals surface area contributed by atoms with Crippen molar-refractivity contribution in [2.24, 2.45) is 7.05 Å². The normalized spacial score (nSPS) is 10.4. The molecule has 0 bridgehead atoms. The molecule has 5 nitrogen and oxygen atoms in total. The van der Waals surface area contributed by atoms with Crippen molar-refractivity contribution < 1.29 is 9.47 Å². The van der Waals surface area contributed by atoms with Crippen LogP contribution in [0.4, 0.5) is 0 Å². The van der Waals surface area contributed by atoms with Gasteiger partial charge >= 0.3 is 0 Å². The molecule has 2 rings (SSSR count). The maximum Gasteiger partial charge on any atom is 0.164 e. The molecular formula is C12H14ClN3O2. The zero-order valence-electron chi connectivity index (χ0n) is 10.3. The molecule has 0 unspecified atom stereocenters. The number of halogens is 1. The van der Waals surface area contributed by atoms with Crippen molar-refractivity contribution in [3.05, 3.63) is 35.9 Å². The minimum Gasteiger partial charge on any atom is -0.497 e. The van der Waals surface area contributed by atoms with Crippen LogP contribution in [0.5, 0.6) is 11.5 Å². The quantitative estimate of drug-likeness (QED) is 0.779. The van der Waals surface area contributed by atoms with E-state index in [0.717, 1.165) is 22.9 Å². The first-order valence-electron chi connectivity index (χ1n) is 5.43. The topological polar surface area (TPSA) is 49.2 Å². The molecule has 1 aromatic carbocycles. The Balaban J connectivity index is 2.11. The van der Waals surface area contributed by atoms with E-state index in [4.69, 9.17) is 21.1 Å². The van der Waals surface area contributed by atoms with Crippen molar-refractivity contribution in [1.82, 2.24) is 14.8 Å². The van der Waals surface area contributed by atoms with Crippen LogP contribution in [0, 0.1) is 0 Å². The van der Waals surface area contributed by atoms with Gasteiger partial charge in [-0.1, -0.05) is 0 Å². The number of aryl methyl sites for hydroxylation is 1. The molecular weight excluding hydrogens is 254 g/mol. The molecule has 0 aliphatic rings. The fourth-order valence-electron chi connectivity index (χ4n) is 1.52. The minimum atomic E-state index is 0.354. The Kier molecular flexibility index (Phi) is 4.04. The molecule has 0 amide bonds. The first kappa shape index (κ1) is 12.7. The van der Waals surface area contributed by atoms with Crippen molar-refractivity contribution in [3.8, 4) is 11.5 Å². The van der Waals surface area contributed by atoms with Gasteiger partial charge in [0, 0.05) is 12.6 Å². The maximum absolute atomic E-state index is 5.88. The first-order chi connectivity index (χ1) is 8.74. The molecule has 0 saturated carbocycles. The van der Waals surface area contributed by atoms with Crippen LogP contribution in [0.2, 0.25) is 0 Å². The van der Waals surface area contributed by atoms with Gasteiger partial charge in [0.25, 0.3) is 0 Å². The number of methoxy groups -OCH3 is 1. The van der Waals surface area contributed by atoms with Gasteiger partial charge in [-0.05, 0) is 18.2 Å². The highest BCUT2D eigenvalue weighted by Gasteiger charge is 2.07. The van der Waals surface area contributed by atoms with E-state index in [2.05, 4.69) is 10.1 Å². The summed E-state index contributed by atoms with van der Waals surface area (Å²) < 4.78 is 12.5. The van der Waals surface area contributed by atoms with Crippen LogP contribution in [-0.2, 0) is 19.5 Å². The van der Waals surface area contributed by atoms with E-state index < -0.39 is 0 Å². The Morgan fingerprint density at radius 2 is 2.22 bits per heavy atom. The molecule has 2 aromatic rings. The molecule has 0 fully saturated rings. The largest absolute Gasteiger partial charge is 0.497 e. The molecule has 0 N–H and O–H groups in total. The standard InChI is InChI=1S/C12H14ClN3O2/c1-16-12(14-8-15-16)7-18-11-4-3-10(17-2)5-9(11)6-13/h3-5,8H,6-7H2,1-2H3. The van der Waals surface area contributed by atoms with E-state index in [9.17, 15) is 0 Å². The van der Waals surface area contributed by atoms with Crippen LogP contribution in [0.25, 0.3) is 0 Å². The van der Waals surface area contributed by atoms with Gasteiger partial charge in [0.2, 0.25) is 0 Å². The van der Waals surface area contributed by atoms with Gasteiger partial charge in [-0.3, -0.25) is 4.68 Å². The Morgan fingerprint density at radius 3 is 2.83 bits per heavy atom. The zero-order valence-corrected chi connectivity index (χ0v) is 11.0. The van der Waals surface area contributed by atoms with Crippen molar-refractivity contribution in [2.75, 3.05) is 7.11 Å². The van der Waals surface area contributed by atoms with Gasteiger partial charge in [-0.25, -0.2) is 4.98 Å². The molecule has 18 heavy (non-hydrogen) atoms. The van der Waals surface area contributed by atoms with Crippen LogP contribution in [0.3, 0.4) is 0 Å². The lowest BCUT2D eigenvalue weighted by Crippen LogP contribution is -2.05. The van der Waals surface area contributed by atoms with E-state index in [-0.39, 0.29) is 0 Å². The monoisotopic (exact) mass is 267 g/mol. The van der Waals surface area contributed by atoms with Crippen molar-refractivity contribution >= 4 is 11.6 Å². The van der Waals surface area contributed by atoms with Gasteiger partial charge in [0.1, 0.15) is 24.4 Å². The summed E-state index contributed by atoms with van der Waals surface area (Å²) in [4.78, 5) is 4.09. The van der Waals surface area contributed by atoms with Crippen molar-refractivity contribution in [3.63, 3.8) is 0 Å². The molecule has 6 heteroatoms. The molecule has 1 aromatic heterocycles. The number of benzene rings is 1. The lowest BCUT2D eigenvalue weighted by molar-refractivity contribution is 0.287. The van der Waals surface area contributed by atoms with Gasteiger partial charge in [-0.2, -0.15) is 5.10 Å². The number of nitrogens with zero attached hydrogens (tertiary/aromatic N) is 3. The third-order valence-corrected chi connectivity index (χ3v) is 2.86. The lowest BCUT2D eigenvalue weighted by Gasteiger charge is -2.10. The Morgan fingerprint density at radius 1 is 1.39 bits per heavy atom. The lowest BCUT2D eigenvalue weighted by atomic mass is 10.2. The van der Waals surface area contributed by atoms with Crippen molar-refractivity contribution in [2.45, 2.75) is 12.5 Å². The Bertz CT molecular complexity index is 528. The Hall–Kier alpha value is -1.75. The second-order valence-electron chi connectivity index (χ2n) is 3.70. The van der Waals surface area contributed by atoms with Gasteiger partial charge in [0.15, 0.2) is 5.82 Å². The molecule has 0 atom stereocenters. The number of aromatic nitrogens is 3. The minimum absolute atomic E-state index is 0.354. The number of alkyl halides is 1. The van der Waals surface area contributed by atoms with Crippen molar-refractivity contribution in [1.29, 1.82) is 0 Å². The van der Waals surface area contributed by atoms with E-state index >= 15 is 0 Å². The highest BCUT2D eigenvalue weighted by atomic mass is 35.5. The Labute approximate surface area is 110 Å². The average molecular weight is 268 g/mol. The summed E-state index contributed by atoms with van der Waals surface area (Å²) in [7, 11) is 3.44. The van der Waals surface area contributed by atoms with E-state index in [1.807, 2.05) is 25.2 Å². The third-order valence-electron chi connectivity index (χ3n) is 2.57. The number of ether oxygens (including phenoxy) is 2. The maximum atomic E-state index is 5.88. The summed E-state index contributed by atoms with van der Waals surface area (Å²) in [6.07, 6.45) is 1.50. The van der Waals surface area contributed by atoms with E-state index in [0.29, 0.717) is 12.5 Å². The number of rotatable bonds is 5. The molecule has 0 aliphatic carbocycles. The van der Waals surface area contributed by atoms with Gasteiger partial charge < -0.3 is 9.47 Å². The number of hydrogen-bond donors (Lipinski definition) is 0. The summed E-state index contributed by atoms with van der Waals surface area (Å²) in [6.45, 7) is 0.354. The van der Waals surface area contributed by atoms with Crippen LogP contribution in [-0.4, -0.2) is 21.9 Å². The second-order valence-corrected chi connectivity index (χ2v) is 3.96. The van der Waals surface area contributed by atoms with Crippen LogP contribution in [0.1, 0.15) is 11.4 Å². The second kappa shape index (κ2) is 5.73. The smallest absolute Gasteiger partial charge is 0.164 e. The fourth-order valence-corrected chi connectivity index (χ4v) is 1.73. The summed E-state index contributed by atoms with van der Waals surface area (Å²) in [5, 5.41) is 3.98. The van der Waals surface area contributed by atoms with Crippen LogP contribution in [0.15, 0.2) is 24.5 Å². The third kappa shape index (κ3) is 2.73.